The number of amides is 3. The highest BCUT2D eigenvalue weighted by atomic mass is 19.3. The Balaban J connectivity index is 1.75. The van der Waals surface area contributed by atoms with Crippen LogP contribution in [0.4, 0.5) is 13.6 Å². The van der Waals surface area contributed by atoms with Crippen molar-refractivity contribution in [3.63, 3.8) is 0 Å². The lowest BCUT2D eigenvalue weighted by Crippen LogP contribution is -2.55. The largest absolute Gasteiger partial charge is 0.465 e. The van der Waals surface area contributed by atoms with E-state index in [0.717, 1.165) is 11.1 Å². The molecule has 3 amide bonds. The monoisotopic (exact) mass is 475 g/mol. The van der Waals surface area contributed by atoms with Crippen LogP contribution in [0.15, 0.2) is 54.6 Å². The average molecular weight is 475 g/mol. The number of aliphatic hydroxyl groups is 1. The van der Waals surface area contributed by atoms with Crippen LogP contribution in [0.3, 0.4) is 0 Å². The predicted molar refractivity (Wildman–Crippen MR) is 119 cm³/mol. The standard InChI is InChI=1S/C24H27F2N3O5/c1-15-7-5-6-10-17(15)13-27-21(31)19-12-24(25,26)14-29(19)22(32)20(30)18(28-23(33)34)11-16-8-3-2-4-9-16/h2-10,18-20,28,30H,11-14H2,1H3,(H,27,31)(H,33,34)/t18-,19-,20-/m0/s1. The lowest BCUT2D eigenvalue weighted by atomic mass is 10.00. The van der Waals surface area contributed by atoms with E-state index in [1.807, 2.05) is 19.1 Å². The molecule has 2 aromatic carbocycles. The second-order valence-electron chi connectivity index (χ2n) is 8.38. The molecule has 34 heavy (non-hydrogen) atoms. The number of hydrogen-bond acceptors (Lipinski definition) is 4. The van der Waals surface area contributed by atoms with Gasteiger partial charge in [0.25, 0.3) is 11.8 Å². The highest BCUT2D eigenvalue weighted by Crippen LogP contribution is 2.33. The molecule has 0 aliphatic carbocycles. The number of halogens is 2. The Morgan fingerprint density at radius 2 is 1.76 bits per heavy atom. The van der Waals surface area contributed by atoms with Crippen LogP contribution in [-0.4, -0.2) is 63.7 Å². The maximum absolute atomic E-state index is 14.2. The number of carboxylic acid groups (broad SMARTS) is 1. The van der Waals surface area contributed by atoms with Crippen molar-refractivity contribution in [1.29, 1.82) is 0 Å². The van der Waals surface area contributed by atoms with Crippen molar-refractivity contribution in [2.24, 2.45) is 0 Å². The lowest BCUT2D eigenvalue weighted by Gasteiger charge is -2.29. The van der Waals surface area contributed by atoms with E-state index in [2.05, 4.69) is 10.6 Å². The summed E-state index contributed by atoms with van der Waals surface area (Å²) in [6, 6.07) is 13.0. The molecule has 1 aliphatic rings. The van der Waals surface area contributed by atoms with Gasteiger partial charge in [0.1, 0.15) is 6.04 Å². The number of hydrogen-bond donors (Lipinski definition) is 4. The van der Waals surface area contributed by atoms with Crippen molar-refractivity contribution >= 4 is 17.9 Å². The molecule has 1 saturated heterocycles. The molecular formula is C24H27F2N3O5. The molecule has 0 aromatic heterocycles. The quantitative estimate of drug-likeness (QED) is 0.466. The van der Waals surface area contributed by atoms with Gasteiger partial charge in [-0.15, -0.1) is 0 Å². The molecule has 10 heteroatoms. The number of alkyl halides is 2. The summed E-state index contributed by atoms with van der Waals surface area (Å²) >= 11 is 0. The molecule has 0 bridgehead atoms. The minimum absolute atomic E-state index is 0.0472. The Kier molecular flexibility index (Phi) is 7.83. The summed E-state index contributed by atoms with van der Waals surface area (Å²) in [5.41, 5.74) is 2.34. The van der Waals surface area contributed by atoms with Crippen LogP contribution in [0.1, 0.15) is 23.1 Å². The Bertz CT molecular complexity index is 1030. The fourth-order valence-corrected chi connectivity index (χ4v) is 4.00. The van der Waals surface area contributed by atoms with Gasteiger partial charge in [-0.25, -0.2) is 13.6 Å². The van der Waals surface area contributed by atoms with Crippen LogP contribution in [0, 0.1) is 6.92 Å². The maximum Gasteiger partial charge on any atom is 0.404 e. The molecule has 1 heterocycles. The summed E-state index contributed by atoms with van der Waals surface area (Å²) in [7, 11) is 0. The van der Waals surface area contributed by atoms with Crippen molar-refractivity contribution in [2.45, 2.75) is 50.4 Å². The van der Waals surface area contributed by atoms with Crippen molar-refractivity contribution in [1.82, 2.24) is 15.5 Å². The third kappa shape index (κ3) is 6.28. The molecule has 1 aliphatic heterocycles. The zero-order chi connectivity index (χ0) is 24.9. The molecule has 0 unspecified atom stereocenters. The van der Waals surface area contributed by atoms with Crippen molar-refractivity contribution in [2.75, 3.05) is 6.54 Å². The number of nitrogens with one attached hydrogen (secondary N) is 2. The van der Waals surface area contributed by atoms with E-state index in [-0.39, 0.29) is 13.0 Å². The Morgan fingerprint density at radius 3 is 2.41 bits per heavy atom. The van der Waals surface area contributed by atoms with E-state index in [0.29, 0.717) is 10.5 Å². The van der Waals surface area contributed by atoms with Gasteiger partial charge in [-0.2, -0.15) is 0 Å². The topological polar surface area (TPSA) is 119 Å². The van der Waals surface area contributed by atoms with Crippen LogP contribution < -0.4 is 10.6 Å². The van der Waals surface area contributed by atoms with Gasteiger partial charge in [-0.1, -0.05) is 54.6 Å². The smallest absolute Gasteiger partial charge is 0.404 e. The Labute approximate surface area is 195 Å². The first kappa shape index (κ1) is 25.1. The van der Waals surface area contributed by atoms with Gasteiger partial charge in [-0.3, -0.25) is 9.59 Å². The van der Waals surface area contributed by atoms with Gasteiger partial charge in [-0.05, 0) is 30.0 Å². The number of aliphatic hydroxyl groups excluding tert-OH is 1. The van der Waals surface area contributed by atoms with E-state index in [9.17, 15) is 28.3 Å². The summed E-state index contributed by atoms with van der Waals surface area (Å²) in [6.07, 6.45) is -4.38. The Hall–Kier alpha value is -3.53. The normalized spacial score (nSPS) is 18.7. The molecule has 4 N–H and O–H groups in total. The van der Waals surface area contributed by atoms with Gasteiger partial charge >= 0.3 is 6.09 Å². The minimum atomic E-state index is -3.32. The van der Waals surface area contributed by atoms with E-state index < -0.39 is 55.0 Å². The summed E-state index contributed by atoms with van der Waals surface area (Å²) in [6.45, 7) is 0.894. The second kappa shape index (κ2) is 10.6. The van der Waals surface area contributed by atoms with Crippen LogP contribution in [0.25, 0.3) is 0 Å². The number of likely N-dealkylation sites (tertiary alicyclic amines) is 1. The number of nitrogens with zero attached hydrogens (tertiary/aromatic N) is 1. The molecule has 182 valence electrons. The molecule has 2 aromatic rings. The summed E-state index contributed by atoms with van der Waals surface area (Å²) in [5.74, 6) is -5.23. The van der Waals surface area contributed by atoms with Crippen LogP contribution in [0.5, 0.6) is 0 Å². The highest BCUT2D eigenvalue weighted by Gasteiger charge is 2.51. The fraction of sp³-hybridized carbons (Fsp3) is 0.375. The van der Waals surface area contributed by atoms with Gasteiger partial charge in [0, 0.05) is 13.0 Å². The van der Waals surface area contributed by atoms with Gasteiger partial charge in [0.15, 0.2) is 6.10 Å². The maximum atomic E-state index is 14.2. The van der Waals surface area contributed by atoms with E-state index in [1.54, 1.807) is 42.5 Å². The third-order valence-corrected chi connectivity index (χ3v) is 5.81. The molecule has 8 nitrogen and oxygen atoms in total. The number of carbonyl (C=O) groups excluding carboxylic acids is 2. The molecule has 3 rings (SSSR count). The number of aryl methyl sites for hydroxylation is 1. The zero-order valence-electron chi connectivity index (χ0n) is 18.6. The summed E-state index contributed by atoms with van der Waals surface area (Å²) in [5, 5.41) is 24.5. The average Bonchev–Trinajstić information content (AvgIpc) is 3.13. The van der Waals surface area contributed by atoms with Crippen LogP contribution >= 0.6 is 0 Å². The van der Waals surface area contributed by atoms with Crippen LogP contribution in [-0.2, 0) is 22.6 Å². The van der Waals surface area contributed by atoms with E-state index in [1.165, 1.54) is 0 Å². The lowest BCUT2D eigenvalue weighted by molar-refractivity contribution is -0.147. The molecule has 0 spiro atoms. The van der Waals surface area contributed by atoms with E-state index in [4.69, 9.17) is 5.11 Å². The van der Waals surface area contributed by atoms with Gasteiger partial charge in [0.2, 0.25) is 5.91 Å². The molecule has 0 radical (unpaired) electrons. The minimum Gasteiger partial charge on any atom is -0.465 e. The number of carbonyl (C=O) groups is 3. The first-order chi connectivity index (χ1) is 16.1. The van der Waals surface area contributed by atoms with Crippen molar-refractivity contribution in [3.8, 4) is 0 Å². The summed E-state index contributed by atoms with van der Waals surface area (Å²) < 4.78 is 28.5. The SMILES string of the molecule is Cc1ccccc1CNC(=O)[C@@H]1CC(F)(F)CN1C(=O)[C@@H](O)[C@H](Cc1ccccc1)NC(=O)O. The second-order valence-corrected chi connectivity index (χ2v) is 8.38. The van der Waals surface area contributed by atoms with Gasteiger partial charge < -0.3 is 25.7 Å². The van der Waals surface area contributed by atoms with Crippen molar-refractivity contribution in [3.05, 3.63) is 71.3 Å². The predicted octanol–water partition coefficient (Wildman–Crippen LogP) is 2.09. The van der Waals surface area contributed by atoms with Crippen LogP contribution in [0.2, 0.25) is 0 Å². The Morgan fingerprint density at radius 1 is 1.12 bits per heavy atom. The fourth-order valence-electron chi connectivity index (χ4n) is 4.00. The first-order valence-corrected chi connectivity index (χ1v) is 10.8. The molecule has 1 fully saturated rings. The molecule has 3 atom stereocenters. The third-order valence-electron chi connectivity index (χ3n) is 5.81. The van der Waals surface area contributed by atoms with Gasteiger partial charge in [0.05, 0.1) is 12.6 Å². The zero-order valence-corrected chi connectivity index (χ0v) is 18.6. The van der Waals surface area contributed by atoms with E-state index >= 15 is 0 Å². The molecular weight excluding hydrogens is 448 g/mol. The number of rotatable bonds is 8. The van der Waals surface area contributed by atoms with Crippen molar-refractivity contribution < 1.29 is 33.4 Å². The summed E-state index contributed by atoms with van der Waals surface area (Å²) in [4.78, 5) is 37.7. The molecule has 0 saturated carbocycles. The highest BCUT2D eigenvalue weighted by molar-refractivity contribution is 5.90. The number of benzene rings is 2. The first-order valence-electron chi connectivity index (χ1n) is 10.8.